The topological polar surface area (TPSA) is 76.4 Å². The highest BCUT2D eigenvalue weighted by Crippen LogP contribution is 2.26. The normalized spacial score (nSPS) is 10.6. The van der Waals surface area contributed by atoms with Crippen LogP contribution in [0.15, 0.2) is 18.2 Å². The molecule has 0 aliphatic heterocycles. The fourth-order valence-corrected chi connectivity index (χ4v) is 1.69. The Balaban J connectivity index is 2.81. The molecule has 0 unspecified atom stereocenters. The van der Waals surface area contributed by atoms with Crippen LogP contribution in [0.25, 0.3) is 0 Å². The van der Waals surface area contributed by atoms with E-state index in [2.05, 4.69) is 0 Å². The molecule has 0 spiro atoms. The molecule has 21 heavy (non-hydrogen) atoms. The van der Waals surface area contributed by atoms with E-state index >= 15 is 0 Å². The first-order valence-corrected chi connectivity index (χ1v) is 6.74. The third kappa shape index (κ3) is 3.96. The van der Waals surface area contributed by atoms with Gasteiger partial charge in [0.05, 0.1) is 11.6 Å². The minimum absolute atomic E-state index is 0.154. The molecule has 0 heterocycles. The molecule has 0 saturated heterocycles. The molecular formula is C15H16ClNO4. The number of ether oxygens (including phenoxy) is 2. The van der Waals surface area contributed by atoms with E-state index in [9.17, 15) is 9.59 Å². The SMILES string of the molecule is CCOC(=O)C(C)(C)C(=O)COc1cccc(Cl)c1C#N. The first-order valence-electron chi connectivity index (χ1n) is 6.36. The number of benzene rings is 1. The number of carbonyl (C=O) groups excluding carboxylic acids is 2. The van der Waals surface area contributed by atoms with Crippen LogP contribution in [-0.2, 0) is 14.3 Å². The van der Waals surface area contributed by atoms with Crippen LogP contribution in [0.4, 0.5) is 0 Å². The molecule has 0 amide bonds. The summed E-state index contributed by atoms with van der Waals surface area (Å²) >= 11 is 5.86. The molecule has 1 rings (SSSR count). The van der Waals surface area contributed by atoms with Crippen LogP contribution in [0.3, 0.4) is 0 Å². The average Bonchev–Trinajstić information content (AvgIpc) is 2.44. The Bertz CT molecular complexity index is 590. The highest BCUT2D eigenvalue weighted by molar-refractivity contribution is 6.31. The number of hydrogen-bond donors (Lipinski definition) is 0. The number of rotatable bonds is 6. The van der Waals surface area contributed by atoms with E-state index < -0.39 is 17.2 Å². The molecule has 112 valence electrons. The lowest BCUT2D eigenvalue weighted by atomic mass is 9.88. The maximum Gasteiger partial charge on any atom is 0.319 e. The number of ketones is 1. The lowest BCUT2D eigenvalue weighted by Gasteiger charge is -2.21. The Morgan fingerprint density at radius 3 is 2.62 bits per heavy atom. The number of nitriles is 1. The second kappa shape index (κ2) is 7.09. The van der Waals surface area contributed by atoms with Gasteiger partial charge in [-0.25, -0.2) is 0 Å². The zero-order valence-electron chi connectivity index (χ0n) is 12.1. The van der Waals surface area contributed by atoms with Crippen LogP contribution in [-0.4, -0.2) is 25.0 Å². The maximum atomic E-state index is 12.1. The van der Waals surface area contributed by atoms with E-state index in [1.807, 2.05) is 6.07 Å². The molecule has 0 aliphatic rings. The summed E-state index contributed by atoms with van der Waals surface area (Å²) in [6, 6.07) is 6.61. The monoisotopic (exact) mass is 309 g/mol. The molecular weight excluding hydrogens is 294 g/mol. The summed E-state index contributed by atoms with van der Waals surface area (Å²) in [5.74, 6) is -0.840. The summed E-state index contributed by atoms with van der Waals surface area (Å²) in [4.78, 5) is 23.8. The summed E-state index contributed by atoms with van der Waals surface area (Å²) in [5, 5.41) is 9.25. The predicted molar refractivity (Wildman–Crippen MR) is 77.1 cm³/mol. The van der Waals surface area contributed by atoms with Crippen LogP contribution in [0, 0.1) is 16.7 Å². The summed E-state index contributed by atoms with van der Waals surface area (Å²) < 4.78 is 10.2. The van der Waals surface area contributed by atoms with Gasteiger partial charge in [0.25, 0.3) is 0 Å². The molecule has 0 bridgehead atoms. The van der Waals surface area contributed by atoms with Crippen LogP contribution >= 0.6 is 11.6 Å². The van der Waals surface area contributed by atoms with E-state index in [0.29, 0.717) is 0 Å². The number of Topliss-reactive ketones (excluding diaryl/α,β-unsaturated/α-hetero) is 1. The first kappa shape index (κ1) is 17.0. The van der Waals surface area contributed by atoms with Gasteiger partial charge >= 0.3 is 5.97 Å². The van der Waals surface area contributed by atoms with Gasteiger partial charge < -0.3 is 9.47 Å². The van der Waals surface area contributed by atoms with E-state index in [1.54, 1.807) is 19.1 Å². The minimum Gasteiger partial charge on any atom is -0.484 e. The van der Waals surface area contributed by atoms with Crippen LogP contribution < -0.4 is 4.74 Å². The summed E-state index contributed by atoms with van der Waals surface area (Å²) in [6.07, 6.45) is 0. The van der Waals surface area contributed by atoms with E-state index in [-0.39, 0.29) is 29.5 Å². The lowest BCUT2D eigenvalue weighted by Crippen LogP contribution is -2.38. The number of hydrogen-bond acceptors (Lipinski definition) is 5. The van der Waals surface area contributed by atoms with E-state index in [4.69, 9.17) is 26.3 Å². The third-order valence-corrected chi connectivity index (χ3v) is 3.24. The molecule has 1 aromatic rings. The standard InChI is InChI=1S/C15H16ClNO4/c1-4-20-14(19)15(2,3)13(18)9-21-12-7-5-6-11(16)10(12)8-17/h5-7H,4,9H2,1-3H3. The first-order chi connectivity index (χ1) is 9.84. The molecule has 0 radical (unpaired) electrons. The highest BCUT2D eigenvalue weighted by Gasteiger charge is 2.37. The quantitative estimate of drug-likeness (QED) is 0.596. The molecule has 6 heteroatoms. The minimum atomic E-state index is -1.30. The van der Waals surface area contributed by atoms with Crippen molar-refractivity contribution in [1.82, 2.24) is 0 Å². The Hall–Kier alpha value is -2.06. The van der Waals surface area contributed by atoms with Crippen molar-refractivity contribution in [2.75, 3.05) is 13.2 Å². The van der Waals surface area contributed by atoms with Crippen molar-refractivity contribution < 1.29 is 19.1 Å². The van der Waals surface area contributed by atoms with Crippen LogP contribution in [0.2, 0.25) is 5.02 Å². The van der Waals surface area contributed by atoms with Crippen LogP contribution in [0.5, 0.6) is 5.75 Å². The van der Waals surface area contributed by atoms with Gasteiger partial charge in [-0.1, -0.05) is 17.7 Å². The van der Waals surface area contributed by atoms with Crippen molar-refractivity contribution in [2.45, 2.75) is 20.8 Å². The molecule has 0 N–H and O–H groups in total. The molecule has 5 nitrogen and oxygen atoms in total. The fraction of sp³-hybridized carbons (Fsp3) is 0.400. The molecule has 0 fully saturated rings. The lowest BCUT2D eigenvalue weighted by molar-refractivity contribution is -0.158. The Kier molecular flexibility index (Phi) is 5.74. The van der Waals surface area contributed by atoms with Crippen molar-refractivity contribution >= 4 is 23.4 Å². The third-order valence-electron chi connectivity index (χ3n) is 2.93. The Labute approximate surface area is 128 Å². The summed E-state index contributed by atoms with van der Waals surface area (Å²) in [6.45, 7) is 4.46. The average molecular weight is 310 g/mol. The summed E-state index contributed by atoms with van der Waals surface area (Å²) in [5.41, 5.74) is -1.15. The van der Waals surface area contributed by atoms with Gasteiger partial charge in [0, 0.05) is 0 Å². The largest absolute Gasteiger partial charge is 0.484 e. The van der Waals surface area contributed by atoms with Gasteiger partial charge in [-0.05, 0) is 32.9 Å². The Morgan fingerprint density at radius 1 is 1.38 bits per heavy atom. The van der Waals surface area contributed by atoms with E-state index in [1.165, 1.54) is 19.9 Å². The zero-order valence-corrected chi connectivity index (χ0v) is 12.9. The van der Waals surface area contributed by atoms with Gasteiger partial charge in [-0.15, -0.1) is 0 Å². The molecule has 0 saturated carbocycles. The van der Waals surface area contributed by atoms with Crippen molar-refractivity contribution in [3.63, 3.8) is 0 Å². The van der Waals surface area contributed by atoms with Crippen molar-refractivity contribution in [3.8, 4) is 11.8 Å². The highest BCUT2D eigenvalue weighted by atomic mass is 35.5. The van der Waals surface area contributed by atoms with Gasteiger partial charge in [0.15, 0.2) is 5.78 Å². The van der Waals surface area contributed by atoms with Gasteiger partial charge in [-0.3, -0.25) is 9.59 Å². The number of carbonyl (C=O) groups is 2. The predicted octanol–water partition coefficient (Wildman–Crippen LogP) is 2.75. The number of halogens is 1. The zero-order chi connectivity index (χ0) is 16.0. The maximum absolute atomic E-state index is 12.1. The van der Waals surface area contributed by atoms with Crippen molar-refractivity contribution in [3.05, 3.63) is 28.8 Å². The molecule has 0 aliphatic carbocycles. The smallest absolute Gasteiger partial charge is 0.319 e. The molecule has 0 aromatic heterocycles. The summed E-state index contributed by atoms with van der Waals surface area (Å²) in [7, 11) is 0. The fourth-order valence-electron chi connectivity index (χ4n) is 1.48. The van der Waals surface area contributed by atoms with Gasteiger partial charge in [0.1, 0.15) is 29.4 Å². The van der Waals surface area contributed by atoms with Gasteiger partial charge in [-0.2, -0.15) is 5.26 Å². The van der Waals surface area contributed by atoms with Gasteiger partial charge in [0.2, 0.25) is 0 Å². The van der Waals surface area contributed by atoms with Crippen molar-refractivity contribution in [2.24, 2.45) is 5.41 Å². The number of esters is 1. The molecule has 1 aromatic carbocycles. The van der Waals surface area contributed by atoms with Crippen LogP contribution in [0.1, 0.15) is 26.3 Å². The van der Waals surface area contributed by atoms with Crippen molar-refractivity contribution in [1.29, 1.82) is 5.26 Å². The molecule has 0 atom stereocenters. The second-order valence-corrected chi connectivity index (χ2v) is 5.19. The number of nitrogens with zero attached hydrogens (tertiary/aromatic N) is 1. The second-order valence-electron chi connectivity index (χ2n) is 4.78. The Morgan fingerprint density at radius 2 is 2.05 bits per heavy atom. The van der Waals surface area contributed by atoms with E-state index in [0.717, 1.165) is 0 Å².